The third-order valence-electron chi connectivity index (χ3n) is 3.58. The van der Waals surface area contributed by atoms with Gasteiger partial charge in [-0.15, -0.1) is 0 Å². The van der Waals surface area contributed by atoms with E-state index in [0.29, 0.717) is 0 Å². The van der Waals surface area contributed by atoms with Gasteiger partial charge in [0.1, 0.15) is 17.8 Å². The summed E-state index contributed by atoms with van der Waals surface area (Å²) in [6.07, 6.45) is -1.61. The zero-order chi connectivity index (χ0) is 17.9. The number of rotatable bonds is 7. The van der Waals surface area contributed by atoms with Crippen LogP contribution in [0.5, 0.6) is 0 Å². The Balaban J connectivity index is 2.11. The second-order valence-electron chi connectivity index (χ2n) is 5.06. The topological polar surface area (TPSA) is 141 Å². The van der Waals surface area contributed by atoms with Crippen molar-refractivity contribution in [3.63, 3.8) is 0 Å². The number of phosphoric acid groups is 1. The zero-order valence-electron chi connectivity index (χ0n) is 13.1. The molecule has 1 aliphatic rings. The van der Waals surface area contributed by atoms with Gasteiger partial charge in [0, 0.05) is 20.3 Å². The number of hydrogen-bond donors (Lipinski definition) is 3. The molecule has 0 spiro atoms. The molecule has 0 bridgehead atoms. The maximum atomic E-state index is 11.8. The Kier molecular flexibility index (Phi) is 6.05. The third kappa shape index (κ3) is 3.98. The Morgan fingerprint density at radius 3 is 2.62 bits per heavy atom. The number of ether oxygens (including phenoxy) is 1. The van der Waals surface area contributed by atoms with Gasteiger partial charge in [0.25, 0.3) is 12.1 Å². The largest absolute Gasteiger partial charge is 0.474 e. The lowest BCUT2D eigenvalue weighted by atomic mass is 10.1. The predicted molar refractivity (Wildman–Crippen MR) is 78.7 cm³/mol. The van der Waals surface area contributed by atoms with E-state index in [1.807, 2.05) is 0 Å². The van der Waals surface area contributed by atoms with Gasteiger partial charge >= 0.3 is 7.82 Å². The number of phosphoric ester groups is 1. The van der Waals surface area contributed by atoms with Crippen LogP contribution in [0, 0.1) is 0 Å². The minimum absolute atomic E-state index is 0.214. The molecule has 0 aliphatic carbocycles. The summed E-state index contributed by atoms with van der Waals surface area (Å²) >= 11 is 0. The number of carbonyl (C=O) groups excluding carboxylic acids is 1. The number of nitrogens with zero attached hydrogens (tertiary/aromatic N) is 1. The maximum absolute atomic E-state index is 11.8. The maximum Gasteiger partial charge on any atom is 0.474 e. The van der Waals surface area contributed by atoms with E-state index in [-0.39, 0.29) is 12.2 Å². The van der Waals surface area contributed by atoms with E-state index in [9.17, 15) is 19.6 Å². The van der Waals surface area contributed by atoms with Crippen LogP contribution in [0.2, 0.25) is 0 Å². The highest BCUT2D eigenvalue weighted by Crippen LogP contribution is 2.48. The minimum atomic E-state index is -3.73. The van der Waals surface area contributed by atoms with Crippen molar-refractivity contribution >= 4 is 13.7 Å². The lowest BCUT2D eigenvalue weighted by Gasteiger charge is -2.17. The van der Waals surface area contributed by atoms with Crippen molar-refractivity contribution in [2.45, 2.75) is 24.5 Å². The van der Waals surface area contributed by atoms with E-state index in [0.717, 1.165) is 14.2 Å². The van der Waals surface area contributed by atoms with Crippen molar-refractivity contribution in [1.82, 2.24) is 0 Å². The summed E-state index contributed by atoms with van der Waals surface area (Å²) in [7, 11) is -1.43. The summed E-state index contributed by atoms with van der Waals surface area (Å²) in [4.78, 5) is 11.2. The van der Waals surface area contributed by atoms with Crippen molar-refractivity contribution in [2.24, 2.45) is 5.73 Å². The fourth-order valence-corrected chi connectivity index (χ4v) is 2.94. The molecule has 0 aromatic carbocycles. The molecule has 1 aromatic rings. The average molecular weight is 363 g/mol. The van der Waals surface area contributed by atoms with Crippen LogP contribution in [0.1, 0.15) is 16.6 Å². The van der Waals surface area contributed by atoms with Gasteiger partial charge in [0.2, 0.25) is 0 Å². The first-order valence-electron chi connectivity index (χ1n) is 6.99. The lowest BCUT2D eigenvalue weighted by molar-refractivity contribution is -0.765. The molecule has 134 valence electrons. The molecule has 11 heteroatoms. The Bertz CT molecular complexity index is 634. The molecule has 1 aliphatic heterocycles. The Hall–Kier alpha value is -1.39. The summed E-state index contributed by atoms with van der Waals surface area (Å²) in [6.45, 7) is -0.330. The molecular formula is C13H20N2O8P+. The van der Waals surface area contributed by atoms with E-state index in [4.69, 9.17) is 15.0 Å². The Morgan fingerprint density at radius 1 is 1.38 bits per heavy atom. The standard InChI is InChI=1S/C13H19N2O8P/c1-20-24(19,21-2)22-7-9-10(16)11(17)13(23-9)15-5-3-4-8(6-15)12(14)18/h3-6,9-11,13,16-17H,7H2,1-2H3,(H-,14,18)/p+1/t9?,10-,11-,13?/m0/s1. The van der Waals surface area contributed by atoms with Crippen molar-refractivity contribution < 1.29 is 42.4 Å². The summed E-state index contributed by atoms with van der Waals surface area (Å²) in [5.41, 5.74) is 5.43. The van der Waals surface area contributed by atoms with Crippen molar-refractivity contribution in [2.75, 3.05) is 20.8 Å². The van der Waals surface area contributed by atoms with E-state index in [1.54, 1.807) is 12.3 Å². The first kappa shape index (κ1) is 18.9. The molecule has 1 amide bonds. The number of pyridine rings is 1. The highest BCUT2D eigenvalue weighted by Gasteiger charge is 2.49. The molecule has 1 saturated heterocycles. The Morgan fingerprint density at radius 2 is 2.04 bits per heavy atom. The number of aromatic nitrogens is 1. The summed E-state index contributed by atoms with van der Waals surface area (Å²) < 4.78 is 33.0. The fourth-order valence-electron chi connectivity index (χ4n) is 2.25. The van der Waals surface area contributed by atoms with Gasteiger partial charge in [-0.3, -0.25) is 18.4 Å². The average Bonchev–Trinajstić information content (AvgIpc) is 2.88. The van der Waals surface area contributed by atoms with Crippen molar-refractivity contribution in [1.29, 1.82) is 0 Å². The van der Waals surface area contributed by atoms with Gasteiger partial charge in [-0.2, -0.15) is 4.57 Å². The van der Waals surface area contributed by atoms with E-state index < -0.39 is 38.3 Å². The van der Waals surface area contributed by atoms with Gasteiger partial charge in [0.15, 0.2) is 18.5 Å². The number of aliphatic hydroxyl groups excluding tert-OH is 2. The van der Waals surface area contributed by atoms with Crippen LogP contribution in [-0.4, -0.2) is 55.3 Å². The molecule has 1 fully saturated rings. The molecule has 2 rings (SSSR count). The monoisotopic (exact) mass is 363 g/mol. The number of hydrogen-bond acceptors (Lipinski definition) is 8. The van der Waals surface area contributed by atoms with Crippen molar-refractivity contribution in [3.8, 4) is 0 Å². The van der Waals surface area contributed by atoms with E-state index in [2.05, 4.69) is 9.05 Å². The molecule has 2 unspecified atom stereocenters. The van der Waals surface area contributed by atoms with Crippen LogP contribution in [-0.2, 0) is 22.9 Å². The SMILES string of the molecule is COP(=O)(OC)OCC1OC([n+]2cccc(C(N)=O)c2)[C@@H](O)[C@H]1O. The quantitative estimate of drug-likeness (QED) is 0.418. The first-order valence-corrected chi connectivity index (χ1v) is 8.45. The third-order valence-corrected chi connectivity index (χ3v) is 4.94. The van der Waals surface area contributed by atoms with Gasteiger partial charge in [0.05, 0.1) is 6.61 Å². The zero-order valence-corrected chi connectivity index (χ0v) is 14.0. The molecule has 10 nitrogen and oxygen atoms in total. The second-order valence-corrected chi connectivity index (χ2v) is 6.94. The van der Waals surface area contributed by atoms with Crippen LogP contribution in [0.4, 0.5) is 0 Å². The molecular weight excluding hydrogens is 343 g/mol. The molecule has 0 saturated carbocycles. The van der Waals surface area contributed by atoms with Crippen molar-refractivity contribution in [3.05, 3.63) is 30.1 Å². The smallest absolute Gasteiger partial charge is 0.387 e. The molecule has 2 heterocycles. The molecule has 0 radical (unpaired) electrons. The van der Waals surface area contributed by atoms with Gasteiger partial charge in [-0.05, 0) is 6.07 Å². The molecule has 24 heavy (non-hydrogen) atoms. The number of nitrogens with two attached hydrogens (primary N) is 1. The summed E-state index contributed by atoms with van der Waals surface area (Å²) in [5, 5.41) is 20.2. The van der Waals surface area contributed by atoms with Gasteiger partial charge < -0.3 is 20.7 Å². The molecule has 4 N–H and O–H groups in total. The fraction of sp³-hybridized carbons (Fsp3) is 0.538. The number of amides is 1. The van der Waals surface area contributed by atoms with Crippen LogP contribution in [0.25, 0.3) is 0 Å². The van der Waals surface area contributed by atoms with E-state index in [1.165, 1.54) is 16.8 Å². The number of carbonyl (C=O) groups is 1. The number of aliphatic hydroxyl groups is 2. The highest BCUT2D eigenvalue weighted by atomic mass is 31.2. The molecule has 1 aromatic heterocycles. The predicted octanol–water partition coefficient (Wildman–Crippen LogP) is -0.890. The van der Waals surface area contributed by atoms with Crippen LogP contribution >= 0.6 is 7.82 Å². The van der Waals surface area contributed by atoms with Gasteiger partial charge in [-0.1, -0.05) is 0 Å². The summed E-state index contributed by atoms with van der Waals surface area (Å²) in [6, 6.07) is 3.06. The Labute approximate surface area is 138 Å². The van der Waals surface area contributed by atoms with E-state index >= 15 is 0 Å². The summed E-state index contributed by atoms with van der Waals surface area (Å²) in [5.74, 6) is -0.640. The normalized spacial score (nSPS) is 27.3. The number of primary amides is 1. The van der Waals surface area contributed by atoms with Crippen LogP contribution < -0.4 is 10.3 Å². The van der Waals surface area contributed by atoms with Gasteiger partial charge in [-0.25, -0.2) is 4.57 Å². The first-order chi connectivity index (χ1) is 11.3. The van der Waals surface area contributed by atoms with Crippen LogP contribution in [0.3, 0.4) is 0 Å². The minimum Gasteiger partial charge on any atom is -0.387 e. The lowest BCUT2D eigenvalue weighted by Crippen LogP contribution is -2.46. The highest BCUT2D eigenvalue weighted by molar-refractivity contribution is 7.48. The van der Waals surface area contributed by atoms with Crippen LogP contribution in [0.15, 0.2) is 24.5 Å². The second kappa shape index (κ2) is 7.66. The molecule has 4 atom stereocenters.